The van der Waals surface area contributed by atoms with Crippen LogP contribution in [0.2, 0.25) is 5.02 Å². The molecule has 8 heteroatoms. The summed E-state index contributed by atoms with van der Waals surface area (Å²) in [6.07, 6.45) is 2.23. The molecule has 0 radical (unpaired) electrons. The maximum absolute atomic E-state index is 13.2. The summed E-state index contributed by atoms with van der Waals surface area (Å²) < 4.78 is 17.9. The van der Waals surface area contributed by atoms with Gasteiger partial charge < -0.3 is 24.1 Å². The van der Waals surface area contributed by atoms with E-state index in [4.69, 9.17) is 25.8 Å². The van der Waals surface area contributed by atoms with Gasteiger partial charge in [0.1, 0.15) is 18.0 Å². The second kappa shape index (κ2) is 10.4. The lowest BCUT2D eigenvalue weighted by Gasteiger charge is -2.43. The van der Waals surface area contributed by atoms with Gasteiger partial charge in [0.2, 0.25) is 5.91 Å². The Hall–Kier alpha value is -2.58. The van der Waals surface area contributed by atoms with E-state index in [1.807, 2.05) is 23.2 Å². The lowest BCUT2D eigenvalue weighted by molar-refractivity contribution is -0.159. The van der Waals surface area contributed by atoms with E-state index in [0.717, 1.165) is 18.6 Å². The van der Waals surface area contributed by atoms with Gasteiger partial charge in [-0.05, 0) is 47.3 Å². The SMILES string of the molecule is O=C(C[C@]1(COc2ccc(Cl)cc2)CN(Cc2ccc3cc[nH]c3c2)CCO1)N1CCOCC1. The topological polar surface area (TPSA) is 67.0 Å². The number of nitrogens with zero attached hydrogens (tertiary/aromatic N) is 2. The Morgan fingerprint density at radius 1 is 1.06 bits per heavy atom. The summed E-state index contributed by atoms with van der Waals surface area (Å²) in [6, 6.07) is 15.8. The fourth-order valence-corrected chi connectivity index (χ4v) is 4.83. The number of H-pyrrole nitrogens is 1. The molecule has 0 spiro atoms. The molecule has 180 valence electrons. The van der Waals surface area contributed by atoms with Crippen molar-refractivity contribution >= 4 is 28.4 Å². The first-order chi connectivity index (χ1) is 16.6. The van der Waals surface area contributed by atoms with E-state index in [1.165, 1.54) is 10.9 Å². The van der Waals surface area contributed by atoms with Crippen LogP contribution in [0.15, 0.2) is 54.7 Å². The third-order valence-corrected chi connectivity index (χ3v) is 6.76. The van der Waals surface area contributed by atoms with Crippen molar-refractivity contribution < 1.29 is 19.0 Å². The van der Waals surface area contributed by atoms with Crippen molar-refractivity contribution in [2.24, 2.45) is 0 Å². The first kappa shape index (κ1) is 23.2. The van der Waals surface area contributed by atoms with E-state index in [-0.39, 0.29) is 18.9 Å². The molecule has 1 aromatic heterocycles. The summed E-state index contributed by atoms with van der Waals surface area (Å²) in [5.74, 6) is 0.790. The van der Waals surface area contributed by atoms with Crippen molar-refractivity contribution in [2.75, 3.05) is 52.6 Å². The van der Waals surface area contributed by atoms with Gasteiger partial charge in [-0.3, -0.25) is 9.69 Å². The van der Waals surface area contributed by atoms with Crippen LogP contribution in [0.3, 0.4) is 0 Å². The fraction of sp³-hybridized carbons (Fsp3) is 0.423. The summed E-state index contributed by atoms with van der Waals surface area (Å²) in [4.78, 5) is 20.7. The summed E-state index contributed by atoms with van der Waals surface area (Å²) in [7, 11) is 0. The van der Waals surface area contributed by atoms with Crippen LogP contribution in [0.1, 0.15) is 12.0 Å². The number of morpholine rings is 2. The number of aromatic amines is 1. The molecule has 3 heterocycles. The highest BCUT2D eigenvalue weighted by molar-refractivity contribution is 6.30. The average Bonchev–Trinajstić information content (AvgIpc) is 3.32. The third-order valence-electron chi connectivity index (χ3n) is 6.51. The van der Waals surface area contributed by atoms with Crippen molar-refractivity contribution in [3.05, 3.63) is 65.3 Å². The van der Waals surface area contributed by atoms with Gasteiger partial charge in [0.25, 0.3) is 0 Å². The summed E-state index contributed by atoms with van der Waals surface area (Å²) in [5.41, 5.74) is 1.62. The molecule has 1 atom stereocenters. The summed E-state index contributed by atoms with van der Waals surface area (Å²) in [6.45, 7) is 5.42. The van der Waals surface area contributed by atoms with Crippen molar-refractivity contribution in [1.82, 2.24) is 14.8 Å². The number of halogens is 1. The molecule has 2 aliphatic rings. The molecule has 1 N–H and O–H groups in total. The van der Waals surface area contributed by atoms with Crippen molar-refractivity contribution in [1.29, 1.82) is 0 Å². The van der Waals surface area contributed by atoms with Crippen LogP contribution < -0.4 is 4.74 Å². The van der Waals surface area contributed by atoms with Crippen molar-refractivity contribution in [2.45, 2.75) is 18.6 Å². The minimum absolute atomic E-state index is 0.0812. The van der Waals surface area contributed by atoms with Crippen LogP contribution in [0.25, 0.3) is 10.9 Å². The van der Waals surface area contributed by atoms with Gasteiger partial charge in [0.05, 0.1) is 26.2 Å². The predicted molar refractivity (Wildman–Crippen MR) is 131 cm³/mol. The minimum Gasteiger partial charge on any atom is -0.491 e. The zero-order valence-electron chi connectivity index (χ0n) is 19.2. The van der Waals surface area contributed by atoms with Gasteiger partial charge in [0.15, 0.2) is 0 Å². The molecule has 0 bridgehead atoms. The molecule has 0 aliphatic carbocycles. The second-order valence-electron chi connectivity index (χ2n) is 9.05. The monoisotopic (exact) mass is 483 g/mol. The van der Waals surface area contributed by atoms with E-state index in [9.17, 15) is 4.79 Å². The number of carbonyl (C=O) groups excluding carboxylic acids is 1. The van der Waals surface area contributed by atoms with Crippen LogP contribution in [0.4, 0.5) is 0 Å². The van der Waals surface area contributed by atoms with Crippen LogP contribution in [0.5, 0.6) is 5.75 Å². The molecule has 2 aromatic carbocycles. The van der Waals surface area contributed by atoms with Crippen LogP contribution in [-0.4, -0.2) is 78.9 Å². The first-order valence-electron chi connectivity index (χ1n) is 11.7. The molecular weight excluding hydrogens is 454 g/mol. The molecule has 3 aromatic rings. The highest BCUT2D eigenvalue weighted by atomic mass is 35.5. The zero-order valence-corrected chi connectivity index (χ0v) is 19.9. The Bertz CT molecular complexity index is 1110. The minimum atomic E-state index is -0.732. The van der Waals surface area contributed by atoms with E-state index in [2.05, 4.69) is 34.1 Å². The number of carbonyl (C=O) groups is 1. The molecule has 2 aliphatic heterocycles. The van der Waals surface area contributed by atoms with Gasteiger partial charge in [-0.15, -0.1) is 0 Å². The fourth-order valence-electron chi connectivity index (χ4n) is 4.70. The molecule has 0 saturated carbocycles. The maximum atomic E-state index is 13.2. The molecule has 2 fully saturated rings. The average molecular weight is 484 g/mol. The lowest BCUT2D eigenvalue weighted by Crippen LogP contribution is -2.57. The third kappa shape index (κ3) is 5.55. The molecule has 5 rings (SSSR count). The van der Waals surface area contributed by atoms with E-state index in [1.54, 1.807) is 12.1 Å². The number of amides is 1. The Labute approximate surface area is 204 Å². The molecule has 7 nitrogen and oxygen atoms in total. The number of fused-ring (bicyclic) bond motifs is 1. The highest BCUT2D eigenvalue weighted by Gasteiger charge is 2.41. The quantitative estimate of drug-likeness (QED) is 0.554. The second-order valence-corrected chi connectivity index (χ2v) is 9.49. The van der Waals surface area contributed by atoms with Crippen LogP contribution in [0, 0.1) is 0 Å². The normalized spacial score (nSPS) is 21.6. The van der Waals surface area contributed by atoms with E-state index >= 15 is 0 Å². The number of aromatic nitrogens is 1. The number of hydrogen-bond donors (Lipinski definition) is 1. The Morgan fingerprint density at radius 2 is 1.88 bits per heavy atom. The van der Waals surface area contributed by atoms with Crippen molar-refractivity contribution in [3.8, 4) is 5.75 Å². The summed E-state index contributed by atoms with van der Waals surface area (Å²) >= 11 is 6.02. The van der Waals surface area contributed by atoms with Crippen molar-refractivity contribution in [3.63, 3.8) is 0 Å². The number of rotatable bonds is 7. The van der Waals surface area contributed by atoms with Gasteiger partial charge in [0, 0.05) is 49.5 Å². The molecule has 2 saturated heterocycles. The van der Waals surface area contributed by atoms with Crippen LogP contribution in [-0.2, 0) is 20.8 Å². The highest BCUT2D eigenvalue weighted by Crippen LogP contribution is 2.27. The molecule has 1 amide bonds. The van der Waals surface area contributed by atoms with Gasteiger partial charge in [-0.2, -0.15) is 0 Å². The summed E-state index contributed by atoms with van der Waals surface area (Å²) in [5, 5.41) is 1.86. The van der Waals surface area contributed by atoms with Gasteiger partial charge in [-0.1, -0.05) is 23.7 Å². The lowest BCUT2D eigenvalue weighted by atomic mass is 9.96. The number of benzene rings is 2. The Kier molecular flexibility index (Phi) is 7.06. The molecule has 0 unspecified atom stereocenters. The smallest absolute Gasteiger partial charge is 0.225 e. The van der Waals surface area contributed by atoms with E-state index < -0.39 is 5.60 Å². The van der Waals surface area contributed by atoms with Gasteiger partial charge in [-0.25, -0.2) is 0 Å². The number of nitrogens with one attached hydrogen (secondary N) is 1. The molecular formula is C26H30ClN3O4. The largest absolute Gasteiger partial charge is 0.491 e. The Balaban J connectivity index is 1.32. The number of hydrogen-bond acceptors (Lipinski definition) is 5. The van der Waals surface area contributed by atoms with E-state index in [0.29, 0.717) is 50.2 Å². The first-order valence-corrected chi connectivity index (χ1v) is 12.1. The predicted octanol–water partition coefficient (Wildman–Crippen LogP) is 3.72. The van der Waals surface area contributed by atoms with Crippen LogP contribution >= 0.6 is 11.6 Å². The van der Waals surface area contributed by atoms with Gasteiger partial charge >= 0.3 is 0 Å². The number of ether oxygens (including phenoxy) is 3. The zero-order chi connectivity index (χ0) is 23.4. The Morgan fingerprint density at radius 3 is 2.71 bits per heavy atom. The maximum Gasteiger partial charge on any atom is 0.225 e. The molecule has 34 heavy (non-hydrogen) atoms. The standard InChI is InChI=1S/C26H30ClN3O4/c27-22-3-5-23(6-4-22)33-19-26(16-25(31)30-10-12-32-13-11-30)18-29(9-14-34-26)17-20-1-2-21-7-8-28-24(21)15-20/h1-8,15,28H,9-14,16-19H2/t26-/m1/s1.